The van der Waals surface area contributed by atoms with E-state index in [1.165, 1.54) is 43.2 Å². The molecule has 0 aromatic heterocycles. The van der Waals surface area contributed by atoms with Crippen molar-refractivity contribution in [1.82, 2.24) is 0 Å². The van der Waals surface area contributed by atoms with Gasteiger partial charge in [-0.3, -0.25) is 0 Å². The van der Waals surface area contributed by atoms with E-state index < -0.39 is 0 Å². The molecule has 0 spiro atoms. The van der Waals surface area contributed by atoms with Gasteiger partial charge in [0.15, 0.2) is 0 Å². The van der Waals surface area contributed by atoms with Gasteiger partial charge in [0.25, 0.3) is 0 Å². The summed E-state index contributed by atoms with van der Waals surface area (Å²) in [5.41, 5.74) is 9.83. The first kappa shape index (κ1) is 15.6. The summed E-state index contributed by atoms with van der Waals surface area (Å²) < 4.78 is 0. The summed E-state index contributed by atoms with van der Waals surface area (Å²) in [5.74, 6) is 0.693. The summed E-state index contributed by atoms with van der Waals surface area (Å²) in [6, 6.07) is 9.14. The lowest BCUT2D eigenvalue weighted by Crippen LogP contribution is -2.50. The van der Waals surface area contributed by atoms with Gasteiger partial charge in [-0.1, -0.05) is 71.2 Å². The molecule has 1 aromatic rings. The molecule has 2 unspecified atom stereocenters. The van der Waals surface area contributed by atoms with E-state index >= 15 is 0 Å². The molecule has 0 heterocycles. The zero-order valence-corrected chi connectivity index (χ0v) is 13.7. The molecule has 1 heteroatoms. The third kappa shape index (κ3) is 3.44. The maximum atomic E-state index is 6.77. The summed E-state index contributed by atoms with van der Waals surface area (Å²) in [5, 5.41) is 0. The van der Waals surface area contributed by atoms with E-state index in [-0.39, 0.29) is 11.0 Å². The molecule has 112 valence electrons. The molecular weight excluding hydrogens is 242 g/mol. The van der Waals surface area contributed by atoms with E-state index in [0.717, 1.165) is 6.42 Å². The van der Waals surface area contributed by atoms with Crippen LogP contribution in [0.15, 0.2) is 24.3 Å². The van der Waals surface area contributed by atoms with E-state index in [1.54, 1.807) is 0 Å². The van der Waals surface area contributed by atoms with E-state index in [1.807, 2.05) is 0 Å². The normalized spacial score (nSPS) is 27.6. The molecule has 1 fully saturated rings. The van der Waals surface area contributed by atoms with Crippen molar-refractivity contribution in [3.63, 3.8) is 0 Å². The first-order chi connectivity index (χ1) is 9.35. The molecule has 1 nitrogen and oxygen atoms in total. The number of hydrogen-bond acceptors (Lipinski definition) is 1. The van der Waals surface area contributed by atoms with Crippen LogP contribution in [0, 0.1) is 5.92 Å². The summed E-state index contributed by atoms with van der Waals surface area (Å²) >= 11 is 0. The van der Waals surface area contributed by atoms with Crippen molar-refractivity contribution in [3.05, 3.63) is 35.4 Å². The Balaban J connectivity index is 2.12. The Morgan fingerprint density at radius 1 is 1.15 bits per heavy atom. The molecule has 0 saturated heterocycles. The van der Waals surface area contributed by atoms with Gasteiger partial charge in [-0.05, 0) is 41.7 Å². The number of hydrogen-bond donors (Lipinski definition) is 1. The molecule has 2 N–H and O–H groups in total. The lowest BCUT2D eigenvalue weighted by molar-refractivity contribution is 0.182. The maximum absolute atomic E-state index is 6.77. The molecule has 1 aliphatic carbocycles. The molecular formula is C19H31N. The van der Waals surface area contributed by atoms with Crippen LogP contribution in [0.25, 0.3) is 0 Å². The fourth-order valence-corrected chi connectivity index (χ4v) is 3.68. The van der Waals surface area contributed by atoms with Crippen molar-refractivity contribution in [2.45, 2.75) is 77.2 Å². The second-order valence-corrected chi connectivity index (χ2v) is 7.71. The fraction of sp³-hybridized carbons (Fsp3) is 0.684. The van der Waals surface area contributed by atoms with E-state index in [2.05, 4.69) is 52.0 Å². The van der Waals surface area contributed by atoms with Gasteiger partial charge >= 0.3 is 0 Å². The molecule has 0 amide bonds. The number of rotatable bonds is 3. The maximum Gasteiger partial charge on any atom is 0.0223 e. The van der Waals surface area contributed by atoms with Crippen molar-refractivity contribution >= 4 is 0 Å². The predicted octanol–water partition coefficient (Wildman–Crippen LogP) is 4.82. The predicted molar refractivity (Wildman–Crippen MR) is 88.0 cm³/mol. The van der Waals surface area contributed by atoms with Crippen molar-refractivity contribution in [1.29, 1.82) is 0 Å². The van der Waals surface area contributed by atoms with Crippen LogP contribution >= 0.6 is 0 Å². The smallest absolute Gasteiger partial charge is 0.0223 e. The SMILES string of the molecule is CCC1CCCCC1(N)Cc1ccc(C(C)(C)C)cc1. The molecule has 1 aliphatic rings. The molecule has 2 atom stereocenters. The highest BCUT2D eigenvalue weighted by Gasteiger charge is 2.35. The Kier molecular flexibility index (Phi) is 4.59. The summed E-state index contributed by atoms with van der Waals surface area (Å²) in [6.07, 6.45) is 7.42. The van der Waals surface area contributed by atoms with Gasteiger partial charge in [0.1, 0.15) is 0 Å². The highest BCUT2D eigenvalue weighted by molar-refractivity contribution is 5.28. The van der Waals surface area contributed by atoms with Crippen LogP contribution in [0.1, 0.15) is 70.9 Å². The quantitative estimate of drug-likeness (QED) is 0.839. The number of benzene rings is 1. The largest absolute Gasteiger partial charge is 0.325 e. The molecule has 2 rings (SSSR count). The minimum Gasteiger partial charge on any atom is -0.325 e. The fourth-order valence-electron chi connectivity index (χ4n) is 3.68. The highest BCUT2D eigenvalue weighted by atomic mass is 14.8. The molecule has 0 aliphatic heterocycles. The molecule has 0 bridgehead atoms. The van der Waals surface area contributed by atoms with Crippen molar-refractivity contribution in [2.75, 3.05) is 0 Å². The van der Waals surface area contributed by atoms with Crippen molar-refractivity contribution in [3.8, 4) is 0 Å². The Labute approximate surface area is 125 Å². The van der Waals surface area contributed by atoms with Gasteiger partial charge < -0.3 is 5.73 Å². The van der Waals surface area contributed by atoms with Gasteiger partial charge in [0.05, 0.1) is 0 Å². The van der Waals surface area contributed by atoms with E-state index in [0.29, 0.717) is 5.92 Å². The topological polar surface area (TPSA) is 26.0 Å². The van der Waals surface area contributed by atoms with Gasteiger partial charge in [-0.25, -0.2) is 0 Å². The van der Waals surface area contributed by atoms with E-state index in [4.69, 9.17) is 5.73 Å². The summed E-state index contributed by atoms with van der Waals surface area (Å²) in [6.45, 7) is 9.09. The molecule has 20 heavy (non-hydrogen) atoms. The summed E-state index contributed by atoms with van der Waals surface area (Å²) in [7, 11) is 0. The zero-order valence-electron chi connectivity index (χ0n) is 13.7. The average molecular weight is 273 g/mol. The number of nitrogens with two attached hydrogens (primary N) is 1. The van der Waals surface area contributed by atoms with Crippen LogP contribution in [0.3, 0.4) is 0 Å². The minimum absolute atomic E-state index is 0.0241. The third-order valence-corrected chi connectivity index (χ3v) is 5.10. The lowest BCUT2D eigenvalue weighted by atomic mass is 9.69. The second-order valence-electron chi connectivity index (χ2n) is 7.71. The Morgan fingerprint density at radius 3 is 2.35 bits per heavy atom. The van der Waals surface area contributed by atoms with Crippen molar-refractivity contribution in [2.24, 2.45) is 11.7 Å². The van der Waals surface area contributed by atoms with Gasteiger partial charge in [-0.2, -0.15) is 0 Å². The van der Waals surface area contributed by atoms with Crippen LogP contribution in [0.5, 0.6) is 0 Å². The lowest BCUT2D eigenvalue weighted by Gasteiger charge is -2.41. The first-order valence-corrected chi connectivity index (χ1v) is 8.23. The van der Waals surface area contributed by atoms with Gasteiger partial charge in [0, 0.05) is 5.54 Å². The zero-order chi connectivity index (χ0) is 14.8. The van der Waals surface area contributed by atoms with Crippen LogP contribution in [0.4, 0.5) is 0 Å². The van der Waals surface area contributed by atoms with Crippen LogP contribution < -0.4 is 5.73 Å². The average Bonchev–Trinajstić information content (AvgIpc) is 2.38. The van der Waals surface area contributed by atoms with Crippen LogP contribution in [-0.4, -0.2) is 5.54 Å². The Morgan fingerprint density at radius 2 is 1.80 bits per heavy atom. The minimum atomic E-state index is 0.0241. The first-order valence-electron chi connectivity index (χ1n) is 8.23. The molecule has 1 aromatic carbocycles. The third-order valence-electron chi connectivity index (χ3n) is 5.10. The Hall–Kier alpha value is -0.820. The second kappa shape index (κ2) is 5.89. The molecule has 1 saturated carbocycles. The van der Waals surface area contributed by atoms with Crippen LogP contribution in [0.2, 0.25) is 0 Å². The standard InChI is InChI=1S/C19H31N/c1-5-16-8-6-7-13-19(16,20)14-15-9-11-17(12-10-15)18(2,3)4/h9-12,16H,5-8,13-14,20H2,1-4H3. The van der Waals surface area contributed by atoms with Crippen molar-refractivity contribution < 1.29 is 0 Å². The Bertz CT molecular complexity index is 426. The monoisotopic (exact) mass is 273 g/mol. The summed E-state index contributed by atoms with van der Waals surface area (Å²) in [4.78, 5) is 0. The van der Waals surface area contributed by atoms with Gasteiger partial charge in [-0.15, -0.1) is 0 Å². The van der Waals surface area contributed by atoms with Crippen LogP contribution in [-0.2, 0) is 11.8 Å². The highest BCUT2D eigenvalue weighted by Crippen LogP contribution is 2.36. The van der Waals surface area contributed by atoms with Gasteiger partial charge in [0.2, 0.25) is 0 Å². The van der Waals surface area contributed by atoms with E-state index in [9.17, 15) is 0 Å². The molecule has 0 radical (unpaired) electrons.